The Hall–Kier alpha value is -1.53. The molecule has 0 spiro atoms. The number of hydrogen-bond donors (Lipinski definition) is 4. The fourth-order valence-corrected chi connectivity index (χ4v) is 2.55. The maximum Gasteiger partial charge on any atom is 0.266 e. The van der Waals surface area contributed by atoms with E-state index in [1.807, 2.05) is 0 Å². The van der Waals surface area contributed by atoms with E-state index in [-0.39, 0.29) is 5.56 Å². The van der Waals surface area contributed by atoms with Gasteiger partial charge in [0.25, 0.3) is 5.91 Å². The zero-order chi connectivity index (χ0) is 14.1. The number of nitrogens with two attached hydrogens (primary N) is 3. The summed E-state index contributed by atoms with van der Waals surface area (Å²) in [5.74, 6) is 3.93. The number of carbonyl (C=O) groups excluding carboxylic acids is 1. The molecule has 0 heterocycles. The Kier molecular flexibility index (Phi) is 3.73. The van der Waals surface area contributed by atoms with Crippen molar-refractivity contribution in [2.45, 2.75) is 9.79 Å². The summed E-state index contributed by atoms with van der Waals surface area (Å²) >= 11 is 0. The summed E-state index contributed by atoms with van der Waals surface area (Å²) in [6.45, 7) is 0. The molecule has 18 heavy (non-hydrogen) atoms. The van der Waals surface area contributed by atoms with E-state index in [2.05, 4.69) is 0 Å². The van der Waals surface area contributed by atoms with Crippen molar-refractivity contribution >= 4 is 26.0 Å². The average molecular weight is 294 g/mol. The predicted molar refractivity (Wildman–Crippen MR) is 60.8 cm³/mol. The second-order valence-electron chi connectivity index (χ2n) is 3.22. The maximum atomic E-state index is 11.3. The topological polar surface area (TPSA) is 175 Å². The lowest BCUT2D eigenvalue weighted by Gasteiger charge is -2.08. The SMILES string of the molecule is NNC(=O)c1ccc(S(N)(=O)=O)cc1S(N)(=O)=O. The Labute approximate surface area is 103 Å². The third-order valence-corrected chi connectivity index (χ3v) is 3.83. The number of hydrogen-bond acceptors (Lipinski definition) is 6. The van der Waals surface area contributed by atoms with Crippen molar-refractivity contribution in [3.8, 4) is 0 Å². The molecule has 1 amide bonds. The number of nitrogens with one attached hydrogen (secondary N) is 1. The molecule has 1 rings (SSSR count). The van der Waals surface area contributed by atoms with Crippen LogP contribution in [0.2, 0.25) is 0 Å². The van der Waals surface area contributed by atoms with Crippen molar-refractivity contribution in [2.75, 3.05) is 0 Å². The van der Waals surface area contributed by atoms with Crippen LogP contribution in [0.3, 0.4) is 0 Å². The molecule has 0 fully saturated rings. The Morgan fingerprint density at radius 3 is 2.00 bits per heavy atom. The van der Waals surface area contributed by atoms with Gasteiger partial charge in [0.2, 0.25) is 20.0 Å². The molecule has 0 bridgehead atoms. The van der Waals surface area contributed by atoms with Crippen LogP contribution >= 0.6 is 0 Å². The first-order valence-electron chi connectivity index (χ1n) is 4.28. The quantitative estimate of drug-likeness (QED) is 0.274. The van der Waals surface area contributed by atoms with Crippen LogP contribution in [0.1, 0.15) is 10.4 Å². The molecule has 0 aliphatic rings. The van der Waals surface area contributed by atoms with Crippen LogP contribution in [0, 0.1) is 0 Å². The van der Waals surface area contributed by atoms with Gasteiger partial charge in [0.1, 0.15) is 0 Å². The summed E-state index contributed by atoms with van der Waals surface area (Å²) in [5.41, 5.74) is 1.33. The molecule has 0 aliphatic carbocycles. The molecule has 0 aliphatic heterocycles. The van der Waals surface area contributed by atoms with E-state index in [4.69, 9.17) is 16.1 Å². The van der Waals surface area contributed by atoms with Crippen molar-refractivity contribution in [3.63, 3.8) is 0 Å². The number of rotatable bonds is 3. The minimum absolute atomic E-state index is 0.382. The summed E-state index contributed by atoms with van der Waals surface area (Å²) < 4.78 is 44.7. The molecular formula is C7H10N4O5S2. The van der Waals surface area contributed by atoms with Gasteiger partial charge in [-0.1, -0.05) is 0 Å². The summed E-state index contributed by atoms with van der Waals surface area (Å²) in [4.78, 5) is 10.1. The van der Waals surface area contributed by atoms with Crippen LogP contribution in [0.25, 0.3) is 0 Å². The average Bonchev–Trinajstić information content (AvgIpc) is 2.24. The van der Waals surface area contributed by atoms with Gasteiger partial charge in [-0.25, -0.2) is 33.0 Å². The fraction of sp³-hybridized carbons (Fsp3) is 0. The number of carbonyl (C=O) groups is 1. The highest BCUT2D eigenvalue weighted by Gasteiger charge is 2.22. The van der Waals surface area contributed by atoms with Gasteiger partial charge < -0.3 is 0 Å². The molecule has 0 saturated heterocycles. The summed E-state index contributed by atoms with van der Waals surface area (Å²) in [7, 11) is -8.43. The van der Waals surface area contributed by atoms with Gasteiger partial charge in [-0.05, 0) is 18.2 Å². The molecule has 0 atom stereocenters. The molecule has 0 aromatic heterocycles. The molecule has 1 aromatic rings. The molecule has 11 heteroatoms. The monoisotopic (exact) mass is 294 g/mol. The second-order valence-corrected chi connectivity index (χ2v) is 6.31. The highest BCUT2D eigenvalue weighted by molar-refractivity contribution is 7.90. The van der Waals surface area contributed by atoms with Gasteiger partial charge >= 0.3 is 0 Å². The van der Waals surface area contributed by atoms with Gasteiger partial charge in [-0.3, -0.25) is 10.2 Å². The molecule has 0 unspecified atom stereocenters. The van der Waals surface area contributed by atoms with Gasteiger partial charge in [-0.15, -0.1) is 0 Å². The summed E-state index contributed by atoms with van der Waals surface area (Å²) in [5, 5.41) is 9.72. The molecule has 100 valence electrons. The van der Waals surface area contributed by atoms with E-state index in [1.54, 1.807) is 5.43 Å². The van der Waals surface area contributed by atoms with E-state index in [0.717, 1.165) is 12.1 Å². The highest BCUT2D eigenvalue weighted by atomic mass is 32.2. The lowest BCUT2D eigenvalue weighted by atomic mass is 10.2. The van der Waals surface area contributed by atoms with Gasteiger partial charge in [0, 0.05) is 0 Å². The Balaban J connectivity index is 3.65. The maximum absolute atomic E-state index is 11.3. The third kappa shape index (κ3) is 3.02. The largest absolute Gasteiger partial charge is 0.290 e. The molecule has 9 nitrogen and oxygen atoms in total. The molecule has 1 aromatic carbocycles. The minimum Gasteiger partial charge on any atom is -0.290 e. The number of amides is 1. The normalized spacial score (nSPS) is 12.2. The van der Waals surface area contributed by atoms with Crippen LogP contribution in [0.5, 0.6) is 0 Å². The first-order chi connectivity index (χ1) is 8.07. The third-order valence-electron chi connectivity index (χ3n) is 1.96. The first-order valence-corrected chi connectivity index (χ1v) is 7.37. The van der Waals surface area contributed by atoms with Crippen molar-refractivity contribution < 1.29 is 21.6 Å². The van der Waals surface area contributed by atoms with Crippen molar-refractivity contribution in [2.24, 2.45) is 16.1 Å². The molecule has 7 N–H and O–H groups in total. The summed E-state index contributed by atoms with van der Waals surface area (Å²) in [6.07, 6.45) is 0. The van der Waals surface area contributed by atoms with E-state index < -0.39 is 35.7 Å². The number of hydrazine groups is 1. The Morgan fingerprint density at radius 2 is 1.61 bits per heavy atom. The molecule has 0 radical (unpaired) electrons. The van der Waals surface area contributed by atoms with E-state index in [1.165, 1.54) is 0 Å². The molecular weight excluding hydrogens is 284 g/mol. The Morgan fingerprint density at radius 1 is 1.06 bits per heavy atom. The fourth-order valence-electron chi connectivity index (χ4n) is 1.18. The highest BCUT2D eigenvalue weighted by Crippen LogP contribution is 2.18. The van der Waals surface area contributed by atoms with Crippen LogP contribution in [0.15, 0.2) is 28.0 Å². The standard InChI is InChI=1S/C7H10N4O5S2/c8-11-7(12)5-2-1-4(17(9,13)14)3-6(5)18(10,15)16/h1-3H,8H2,(H,11,12)(H2,9,13,14)(H2,10,15,16). The van der Waals surface area contributed by atoms with Gasteiger partial charge in [0.15, 0.2) is 0 Å². The van der Waals surface area contributed by atoms with E-state index in [9.17, 15) is 21.6 Å². The second kappa shape index (κ2) is 4.62. The smallest absolute Gasteiger partial charge is 0.266 e. The van der Waals surface area contributed by atoms with Crippen molar-refractivity contribution in [3.05, 3.63) is 23.8 Å². The molecule has 0 saturated carbocycles. The number of sulfonamides is 2. The zero-order valence-corrected chi connectivity index (χ0v) is 10.5. The van der Waals surface area contributed by atoms with Crippen LogP contribution in [-0.2, 0) is 20.0 Å². The lowest BCUT2D eigenvalue weighted by Crippen LogP contribution is -2.32. The van der Waals surface area contributed by atoms with Crippen LogP contribution < -0.4 is 21.5 Å². The first kappa shape index (κ1) is 14.5. The number of benzene rings is 1. The minimum atomic E-state index is -4.31. The number of primary sulfonamides is 2. The van der Waals surface area contributed by atoms with Gasteiger partial charge in [0.05, 0.1) is 15.4 Å². The van der Waals surface area contributed by atoms with Crippen LogP contribution in [-0.4, -0.2) is 22.7 Å². The zero-order valence-electron chi connectivity index (χ0n) is 8.82. The van der Waals surface area contributed by atoms with Crippen LogP contribution in [0.4, 0.5) is 0 Å². The summed E-state index contributed by atoms with van der Waals surface area (Å²) in [6, 6.07) is 2.60. The van der Waals surface area contributed by atoms with E-state index in [0.29, 0.717) is 6.07 Å². The predicted octanol–water partition coefficient (Wildman–Crippen LogP) is -2.42. The van der Waals surface area contributed by atoms with E-state index >= 15 is 0 Å². The van der Waals surface area contributed by atoms with Crippen molar-refractivity contribution in [1.29, 1.82) is 0 Å². The Bertz CT molecular complexity index is 695. The van der Waals surface area contributed by atoms with Crippen molar-refractivity contribution in [1.82, 2.24) is 5.43 Å². The van der Waals surface area contributed by atoms with Gasteiger partial charge in [-0.2, -0.15) is 0 Å². The lowest BCUT2D eigenvalue weighted by molar-refractivity contribution is 0.0950. The number of nitrogen functional groups attached to an aromatic ring is 1.